The first-order valence-electron chi connectivity index (χ1n) is 9.83. The van der Waals surface area contributed by atoms with Crippen LogP contribution in [0.3, 0.4) is 0 Å². The summed E-state index contributed by atoms with van der Waals surface area (Å²) in [5.41, 5.74) is 1.34. The van der Waals surface area contributed by atoms with Crippen molar-refractivity contribution >= 4 is 11.6 Å². The summed E-state index contributed by atoms with van der Waals surface area (Å²) in [5.74, 6) is 1.07. The van der Waals surface area contributed by atoms with Crippen LogP contribution < -0.4 is 21.3 Å². The summed E-state index contributed by atoms with van der Waals surface area (Å²) in [4.78, 5) is 42.4. The Bertz CT molecular complexity index is 1290. The average Bonchev–Trinajstić information content (AvgIpc) is 2.73. The van der Waals surface area contributed by atoms with E-state index in [1.807, 2.05) is 54.6 Å². The number of ether oxygens (including phenoxy) is 1. The number of ketones is 1. The quantitative estimate of drug-likeness (QED) is 0.624. The third-order valence-electron chi connectivity index (χ3n) is 5.46. The Morgan fingerprint density at radius 3 is 2.50 bits per heavy atom. The lowest BCUT2D eigenvalue weighted by Crippen LogP contribution is -2.36. The molecule has 2 heterocycles. The van der Waals surface area contributed by atoms with Crippen LogP contribution in [0.5, 0.6) is 11.5 Å². The molecule has 0 saturated carbocycles. The van der Waals surface area contributed by atoms with Crippen molar-refractivity contribution in [2.24, 2.45) is 0 Å². The number of aromatic amines is 2. The minimum atomic E-state index is -0.586. The lowest BCUT2D eigenvalue weighted by molar-refractivity contribution is -0.116. The van der Waals surface area contributed by atoms with E-state index in [1.54, 1.807) is 0 Å². The number of Topliss-reactive ketones (excluding diaryl/α,β-unsaturated/α-hetero) is 1. The molecule has 0 bridgehead atoms. The SMILES string of the molecule is O=C1CCCC2=C1C(c1cccc(Oc3ccccc3)c1)c1c([nH]c(=O)[nH]c1=O)N2. The van der Waals surface area contributed by atoms with Crippen LogP contribution in [0, 0.1) is 0 Å². The number of anilines is 1. The van der Waals surface area contributed by atoms with Gasteiger partial charge in [-0.3, -0.25) is 19.6 Å². The summed E-state index contributed by atoms with van der Waals surface area (Å²) < 4.78 is 5.95. The van der Waals surface area contributed by atoms with Crippen molar-refractivity contribution in [3.8, 4) is 11.5 Å². The molecule has 1 aromatic heterocycles. The number of aromatic nitrogens is 2. The molecule has 1 atom stereocenters. The predicted molar refractivity (Wildman–Crippen MR) is 112 cm³/mol. The highest BCUT2D eigenvalue weighted by atomic mass is 16.5. The molecule has 7 heteroatoms. The van der Waals surface area contributed by atoms with Crippen molar-refractivity contribution in [1.29, 1.82) is 0 Å². The van der Waals surface area contributed by atoms with Crippen LogP contribution in [0.1, 0.15) is 36.3 Å². The van der Waals surface area contributed by atoms with E-state index >= 15 is 0 Å². The maximum atomic E-state index is 12.9. The molecule has 0 radical (unpaired) electrons. The molecule has 30 heavy (non-hydrogen) atoms. The summed E-state index contributed by atoms with van der Waals surface area (Å²) in [7, 11) is 0. The average molecular weight is 401 g/mol. The molecular weight excluding hydrogens is 382 g/mol. The van der Waals surface area contributed by atoms with Gasteiger partial charge in [0.1, 0.15) is 17.3 Å². The fraction of sp³-hybridized carbons (Fsp3) is 0.174. The molecule has 0 amide bonds. The number of fused-ring (bicyclic) bond motifs is 1. The molecule has 3 N–H and O–H groups in total. The number of hydrogen-bond acceptors (Lipinski definition) is 5. The first-order valence-corrected chi connectivity index (χ1v) is 9.83. The number of H-pyrrole nitrogens is 2. The molecule has 0 saturated heterocycles. The van der Waals surface area contributed by atoms with Crippen molar-refractivity contribution in [2.75, 3.05) is 5.32 Å². The molecule has 0 fully saturated rings. The van der Waals surface area contributed by atoms with Crippen LogP contribution in [0.25, 0.3) is 0 Å². The van der Waals surface area contributed by atoms with Gasteiger partial charge in [0.05, 0.1) is 5.56 Å². The standard InChI is InChI=1S/C23H19N3O4/c27-17-11-5-10-16-19(17)18(20-21(24-16)25-23(29)26-22(20)28)13-6-4-9-15(12-13)30-14-7-2-1-3-8-14/h1-4,6-9,12,18H,5,10-11H2,(H3,24,25,26,28,29). The minimum absolute atomic E-state index is 0.0133. The monoisotopic (exact) mass is 401 g/mol. The molecule has 150 valence electrons. The molecule has 1 unspecified atom stereocenters. The van der Waals surface area contributed by atoms with E-state index in [-0.39, 0.29) is 5.78 Å². The van der Waals surface area contributed by atoms with Gasteiger partial charge in [0.2, 0.25) is 0 Å². The van der Waals surface area contributed by atoms with Crippen molar-refractivity contribution in [3.63, 3.8) is 0 Å². The lowest BCUT2D eigenvalue weighted by Gasteiger charge is -2.32. The van der Waals surface area contributed by atoms with E-state index in [0.29, 0.717) is 41.3 Å². The van der Waals surface area contributed by atoms with Crippen molar-refractivity contribution in [1.82, 2.24) is 9.97 Å². The minimum Gasteiger partial charge on any atom is -0.457 e. The van der Waals surface area contributed by atoms with Gasteiger partial charge in [-0.2, -0.15) is 0 Å². The van der Waals surface area contributed by atoms with Crippen LogP contribution in [-0.2, 0) is 4.79 Å². The normalized spacial score (nSPS) is 17.7. The molecule has 0 spiro atoms. The fourth-order valence-corrected chi connectivity index (χ4v) is 4.21. The molecule has 2 aromatic carbocycles. The van der Waals surface area contributed by atoms with Crippen molar-refractivity contribution in [2.45, 2.75) is 25.2 Å². The van der Waals surface area contributed by atoms with E-state index < -0.39 is 17.2 Å². The van der Waals surface area contributed by atoms with Gasteiger partial charge in [0, 0.05) is 23.6 Å². The first-order chi connectivity index (χ1) is 14.6. The number of nitrogens with one attached hydrogen (secondary N) is 3. The summed E-state index contributed by atoms with van der Waals surface area (Å²) in [6.07, 6.45) is 1.86. The van der Waals surface area contributed by atoms with Crippen LogP contribution in [0.2, 0.25) is 0 Å². The van der Waals surface area contributed by atoms with Crippen molar-refractivity contribution < 1.29 is 9.53 Å². The van der Waals surface area contributed by atoms with Crippen LogP contribution in [0.4, 0.5) is 5.82 Å². The van der Waals surface area contributed by atoms with Gasteiger partial charge in [0.25, 0.3) is 5.56 Å². The highest BCUT2D eigenvalue weighted by Gasteiger charge is 2.37. The van der Waals surface area contributed by atoms with Crippen LogP contribution in [0.15, 0.2) is 75.5 Å². The fourth-order valence-electron chi connectivity index (χ4n) is 4.21. The van der Waals surface area contributed by atoms with E-state index in [0.717, 1.165) is 17.7 Å². The maximum absolute atomic E-state index is 12.9. The Kier molecular flexibility index (Phi) is 4.35. The largest absolute Gasteiger partial charge is 0.457 e. The van der Waals surface area contributed by atoms with Gasteiger partial charge in [-0.05, 0) is 42.7 Å². The lowest BCUT2D eigenvalue weighted by atomic mass is 9.76. The predicted octanol–water partition coefficient (Wildman–Crippen LogP) is 3.42. The van der Waals surface area contributed by atoms with Gasteiger partial charge in [-0.1, -0.05) is 30.3 Å². The van der Waals surface area contributed by atoms with E-state index in [2.05, 4.69) is 15.3 Å². The Hall–Kier alpha value is -3.87. The highest BCUT2D eigenvalue weighted by Crippen LogP contribution is 2.43. The first kappa shape index (κ1) is 18.2. The maximum Gasteiger partial charge on any atom is 0.327 e. The summed E-state index contributed by atoms with van der Waals surface area (Å²) in [5, 5.41) is 3.12. The highest BCUT2D eigenvalue weighted by molar-refractivity contribution is 6.00. The summed E-state index contributed by atoms with van der Waals surface area (Å²) >= 11 is 0. The molecule has 7 nitrogen and oxygen atoms in total. The Morgan fingerprint density at radius 2 is 1.67 bits per heavy atom. The second-order valence-electron chi connectivity index (χ2n) is 7.41. The van der Waals surface area contributed by atoms with Gasteiger partial charge in [-0.25, -0.2) is 4.79 Å². The Labute approximate surface area is 171 Å². The van der Waals surface area contributed by atoms with Crippen molar-refractivity contribution in [3.05, 3.63) is 97.8 Å². The number of benzene rings is 2. The molecular formula is C23H19N3O4. The zero-order valence-corrected chi connectivity index (χ0v) is 16.0. The Balaban J connectivity index is 1.66. The molecule has 2 aliphatic rings. The number of carbonyl (C=O) groups excluding carboxylic acids is 1. The summed E-state index contributed by atoms with van der Waals surface area (Å²) in [6, 6.07) is 16.8. The third kappa shape index (κ3) is 3.14. The number of hydrogen-bond donors (Lipinski definition) is 3. The topological polar surface area (TPSA) is 104 Å². The number of carbonyl (C=O) groups is 1. The number of allylic oxidation sites excluding steroid dienone is 2. The van der Waals surface area contributed by atoms with Gasteiger partial charge in [0.15, 0.2) is 5.78 Å². The molecule has 1 aliphatic carbocycles. The van der Waals surface area contributed by atoms with Crippen LogP contribution >= 0.6 is 0 Å². The smallest absolute Gasteiger partial charge is 0.327 e. The number of rotatable bonds is 3. The van der Waals surface area contributed by atoms with E-state index in [1.165, 1.54) is 0 Å². The van der Waals surface area contributed by atoms with Crippen LogP contribution in [-0.4, -0.2) is 15.8 Å². The molecule has 5 rings (SSSR count). The Morgan fingerprint density at radius 1 is 0.867 bits per heavy atom. The molecule has 3 aromatic rings. The summed E-state index contributed by atoms with van der Waals surface area (Å²) in [6.45, 7) is 0. The molecule has 1 aliphatic heterocycles. The zero-order valence-electron chi connectivity index (χ0n) is 16.0. The second-order valence-corrected chi connectivity index (χ2v) is 7.41. The second kappa shape index (κ2) is 7.18. The van der Waals surface area contributed by atoms with Gasteiger partial charge >= 0.3 is 5.69 Å². The third-order valence-corrected chi connectivity index (χ3v) is 5.46. The van der Waals surface area contributed by atoms with E-state index in [4.69, 9.17) is 4.74 Å². The number of para-hydroxylation sites is 1. The van der Waals surface area contributed by atoms with E-state index in [9.17, 15) is 14.4 Å². The van der Waals surface area contributed by atoms with Gasteiger partial charge in [-0.15, -0.1) is 0 Å². The zero-order chi connectivity index (χ0) is 20.7. The van der Waals surface area contributed by atoms with Gasteiger partial charge < -0.3 is 10.1 Å².